The third kappa shape index (κ3) is 27.0. The van der Waals surface area contributed by atoms with Crippen LogP contribution in [0.25, 0.3) is 0 Å². The molecule has 0 unspecified atom stereocenters. The van der Waals surface area contributed by atoms with Crippen molar-refractivity contribution in [2.75, 3.05) is 13.2 Å². The summed E-state index contributed by atoms with van der Waals surface area (Å²) >= 11 is 0. The standard InChI is InChI=1S/C44H78O4/c1-39(2)33-27-23-19-15-11-7-5-9-13-17-21-25-31-37-47-43(45)41-35-29-30-36-42(41)44(46)48-38-32-26-22-18-14-10-6-8-12-16-20-24-28-34-40(3)4/h29-30,35-36,39-40H,5-28,31-34,37-38H2,1-4H3. The van der Waals surface area contributed by atoms with Gasteiger partial charge in [0, 0.05) is 0 Å². The van der Waals surface area contributed by atoms with Gasteiger partial charge in [-0.1, -0.05) is 207 Å². The van der Waals surface area contributed by atoms with Crippen LogP contribution in [-0.4, -0.2) is 25.2 Å². The zero-order chi connectivity index (χ0) is 34.9. The summed E-state index contributed by atoms with van der Waals surface area (Å²) in [5.74, 6) is 0.846. The lowest BCUT2D eigenvalue weighted by Gasteiger charge is -2.10. The molecule has 1 aromatic carbocycles. The van der Waals surface area contributed by atoms with E-state index in [2.05, 4.69) is 27.7 Å². The van der Waals surface area contributed by atoms with Gasteiger partial charge in [0.1, 0.15) is 0 Å². The van der Waals surface area contributed by atoms with Crippen LogP contribution in [0.4, 0.5) is 0 Å². The molecule has 0 radical (unpaired) electrons. The average Bonchev–Trinajstić information content (AvgIpc) is 3.07. The number of ether oxygens (including phenoxy) is 2. The minimum atomic E-state index is -0.427. The maximum Gasteiger partial charge on any atom is 0.339 e. The molecular formula is C44H78O4. The molecule has 0 amide bonds. The van der Waals surface area contributed by atoms with E-state index in [1.807, 2.05) is 0 Å². The summed E-state index contributed by atoms with van der Waals surface area (Å²) in [6.07, 6.45) is 36.4. The topological polar surface area (TPSA) is 52.6 Å². The van der Waals surface area contributed by atoms with Crippen LogP contribution in [0.1, 0.15) is 228 Å². The van der Waals surface area contributed by atoms with Gasteiger partial charge in [-0.2, -0.15) is 0 Å². The molecule has 0 aliphatic carbocycles. The summed E-state index contributed by atoms with van der Waals surface area (Å²) in [7, 11) is 0. The van der Waals surface area contributed by atoms with Gasteiger partial charge in [-0.15, -0.1) is 0 Å². The average molecular weight is 671 g/mol. The van der Waals surface area contributed by atoms with E-state index < -0.39 is 11.9 Å². The van der Waals surface area contributed by atoms with Gasteiger partial charge in [0.05, 0.1) is 24.3 Å². The molecule has 0 spiro atoms. The highest BCUT2D eigenvalue weighted by Gasteiger charge is 2.18. The Morgan fingerprint density at radius 3 is 0.875 bits per heavy atom. The van der Waals surface area contributed by atoms with Gasteiger partial charge < -0.3 is 9.47 Å². The number of carbonyl (C=O) groups is 2. The van der Waals surface area contributed by atoms with E-state index in [1.54, 1.807) is 24.3 Å². The first-order valence-corrected chi connectivity index (χ1v) is 20.8. The monoisotopic (exact) mass is 671 g/mol. The lowest BCUT2D eigenvalue weighted by molar-refractivity contribution is 0.0450. The van der Waals surface area contributed by atoms with Crippen molar-refractivity contribution in [3.63, 3.8) is 0 Å². The number of rotatable bonds is 34. The van der Waals surface area contributed by atoms with E-state index in [0.717, 1.165) is 37.5 Å². The van der Waals surface area contributed by atoms with E-state index in [9.17, 15) is 9.59 Å². The van der Waals surface area contributed by atoms with Gasteiger partial charge >= 0.3 is 11.9 Å². The van der Waals surface area contributed by atoms with E-state index in [0.29, 0.717) is 24.3 Å². The van der Waals surface area contributed by atoms with Gasteiger partial charge in [0.25, 0.3) is 0 Å². The second kappa shape index (κ2) is 32.4. The Hall–Kier alpha value is -1.84. The molecule has 0 aliphatic rings. The van der Waals surface area contributed by atoms with Crippen LogP contribution >= 0.6 is 0 Å². The van der Waals surface area contributed by atoms with Crippen LogP contribution in [0.15, 0.2) is 24.3 Å². The second-order valence-corrected chi connectivity index (χ2v) is 15.4. The number of hydrogen-bond donors (Lipinski definition) is 0. The van der Waals surface area contributed by atoms with Crippen molar-refractivity contribution in [2.24, 2.45) is 11.8 Å². The Labute approximate surface area is 298 Å². The summed E-state index contributed by atoms with van der Waals surface area (Å²) in [5.41, 5.74) is 0.619. The molecule has 278 valence electrons. The van der Waals surface area contributed by atoms with Crippen LogP contribution in [0.2, 0.25) is 0 Å². The molecule has 1 aromatic rings. The first-order chi connectivity index (χ1) is 23.4. The van der Waals surface area contributed by atoms with Gasteiger partial charge in [-0.3, -0.25) is 0 Å². The maximum atomic E-state index is 12.7. The fourth-order valence-corrected chi connectivity index (χ4v) is 6.52. The molecule has 4 heteroatoms. The smallest absolute Gasteiger partial charge is 0.339 e. The molecule has 0 saturated carbocycles. The lowest BCUT2D eigenvalue weighted by atomic mass is 10.0. The van der Waals surface area contributed by atoms with Crippen LogP contribution < -0.4 is 0 Å². The SMILES string of the molecule is CC(C)CCCCCCCCCCCCCCCOC(=O)c1ccccc1C(=O)OCCCCCCCCCCCCCCCC(C)C. The first kappa shape index (κ1) is 44.2. The van der Waals surface area contributed by atoms with Gasteiger partial charge in [0.15, 0.2) is 0 Å². The van der Waals surface area contributed by atoms with Crippen molar-refractivity contribution in [2.45, 2.75) is 207 Å². The van der Waals surface area contributed by atoms with E-state index in [4.69, 9.17) is 9.47 Å². The van der Waals surface area contributed by atoms with Crippen LogP contribution in [0.3, 0.4) is 0 Å². The summed E-state index contributed by atoms with van der Waals surface area (Å²) in [5, 5.41) is 0. The second-order valence-electron chi connectivity index (χ2n) is 15.4. The molecule has 0 aromatic heterocycles. The minimum absolute atomic E-state index is 0.309. The fraction of sp³-hybridized carbons (Fsp3) is 0.818. The maximum absolute atomic E-state index is 12.7. The Morgan fingerprint density at radius 1 is 0.396 bits per heavy atom. The van der Waals surface area contributed by atoms with E-state index in [1.165, 1.54) is 154 Å². The molecule has 0 fully saturated rings. The van der Waals surface area contributed by atoms with Crippen LogP contribution in [0, 0.1) is 11.8 Å². The van der Waals surface area contributed by atoms with Crippen LogP contribution in [-0.2, 0) is 9.47 Å². The summed E-state index contributed by atoms with van der Waals surface area (Å²) in [6, 6.07) is 6.88. The third-order valence-electron chi connectivity index (χ3n) is 9.68. The zero-order valence-corrected chi connectivity index (χ0v) is 32.3. The van der Waals surface area contributed by atoms with Crippen molar-refractivity contribution < 1.29 is 19.1 Å². The molecule has 48 heavy (non-hydrogen) atoms. The molecule has 0 heterocycles. The van der Waals surface area contributed by atoms with Gasteiger partial charge in [-0.05, 0) is 36.8 Å². The van der Waals surface area contributed by atoms with Gasteiger partial charge in [-0.25, -0.2) is 9.59 Å². The van der Waals surface area contributed by atoms with Crippen molar-refractivity contribution in [3.8, 4) is 0 Å². The Morgan fingerprint density at radius 2 is 0.625 bits per heavy atom. The van der Waals surface area contributed by atoms with Crippen molar-refractivity contribution >= 4 is 11.9 Å². The number of unbranched alkanes of at least 4 members (excludes halogenated alkanes) is 24. The molecule has 0 N–H and O–H groups in total. The lowest BCUT2D eigenvalue weighted by Crippen LogP contribution is -2.15. The Bertz CT molecular complexity index is 805. The summed E-state index contributed by atoms with van der Waals surface area (Å²) < 4.78 is 11.1. The fourth-order valence-electron chi connectivity index (χ4n) is 6.52. The van der Waals surface area contributed by atoms with E-state index in [-0.39, 0.29) is 0 Å². The number of esters is 2. The highest BCUT2D eigenvalue weighted by atomic mass is 16.5. The molecule has 1 rings (SSSR count). The van der Waals surface area contributed by atoms with Crippen molar-refractivity contribution in [1.29, 1.82) is 0 Å². The zero-order valence-electron chi connectivity index (χ0n) is 32.3. The molecule has 0 atom stereocenters. The third-order valence-corrected chi connectivity index (χ3v) is 9.68. The molecule has 0 saturated heterocycles. The molecule has 0 aliphatic heterocycles. The highest BCUT2D eigenvalue weighted by molar-refractivity contribution is 6.03. The first-order valence-electron chi connectivity index (χ1n) is 20.8. The molecule has 4 nitrogen and oxygen atoms in total. The van der Waals surface area contributed by atoms with E-state index >= 15 is 0 Å². The summed E-state index contributed by atoms with van der Waals surface area (Å²) in [6.45, 7) is 10.1. The predicted molar refractivity (Wildman–Crippen MR) is 206 cm³/mol. The van der Waals surface area contributed by atoms with Crippen LogP contribution in [0.5, 0.6) is 0 Å². The number of hydrogen-bond acceptors (Lipinski definition) is 4. The normalized spacial score (nSPS) is 11.5. The van der Waals surface area contributed by atoms with Gasteiger partial charge in [0.2, 0.25) is 0 Å². The Balaban J connectivity index is 2.00. The predicted octanol–water partition coefficient (Wildman–Crippen LogP) is 14.2. The Kier molecular flexibility index (Phi) is 29.8. The minimum Gasteiger partial charge on any atom is -0.462 e. The quantitative estimate of drug-likeness (QED) is 0.0541. The molecule has 0 bridgehead atoms. The summed E-state index contributed by atoms with van der Waals surface area (Å²) in [4.78, 5) is 25.5. The number of carbonyl (C=O) groups excluding carboxylic acids is 2. The molecular weight excluding hydrogens is 592 g/mol. The number of benzene rings is 1. The van der Waals surface area contributed by atoms with Crippen molar-refractivity contribution in [1.82, 2.24) is 0 Å². The van der Waals surface area contributed by atoms with Crippen molar-refractivity contribution in [3.05, 3.63) is 35.4 Å². The largest absolute Gasteiger partial charge is 0.462 e. The highest BCUT2D eigenvalue weighted by Crippen LogP contribution is 2.17.